The first kappa shape index (κ1) is 23.3. The minimum Gasteiger partial charge on any atom is -0.507 e. The lowest BCUT2D eigenvalue weighted by Crippen LogP contribution is -2.29. The number of benzene rings is 2. The molecule has 1 aliphatic heterocycles. The third kappa shape index (κ3) is 4.22. The average molecular weight is 479 g/mol. The summed E-state index contributed by atoms with van der Waals surface area (Å²) in [6.07, 6.45) is 1.62. The molecule has 7 nitrogen and oxygen atoms in total. The molecule has 1 saturated heterocycles. The van der Waals surface area contributed by atoms with E-state index in [-0.39, 0.29) is 34.2 Å². The van der Waals surface area contributed by atoms with E-state index >= 15 is 0 Å². The van der Waals surface area contributed by atoms with Gasteiger partial charge in [0.2, 0.25) is 0 Å². The number of hydrogen-bond acceptors (Lipinski definition) is 6. The number of carbonyl (C=O) groups excluding carboxylic acids is 2. The maximum atomic E-state index is 13.3. The molecule has 2 heterocycles. The number of aliphatic hydroxyl groups is 1. The van der Waals surface area contributed by atoms with E-state index in [0.29, 0.717) is 17.0 Å². The number of likely N-dealkylation sites (tertiary alicyclic amines) is 1. The van der Waals surface area contributed by atoms with Gasteiger partial charge in [0.05, 0.1) is 48.7 Å². The first-order valence-corrected chi connectivity index (χ1v) is 10.9. The van der Waals surface area contributed by atoms with Crippen LogP contribution in [0.2, 0.25) is 5.02 Å². The molecule has 3 aromatic rings. The van der Waals surface area contributed by atoms with E-state index in [1.54, 1.807) is 67.7 Å². The second-order valence-electron chi connectivity index (χ2n) is 7.85. The van der Waals surface area contributed by atoms with Gasteiger partial charge in [0, 0.05) is 6.20 Å². The Kier molecular flexibility index (Phi) is 6.56. The summed E-state index contributed by atoms with van der Waals surface area (Å²) in [6, 6.07) is 14.9. The SMILES string of the molecule is COc1cccc(C2/C(=C(\O)c3cc(C)cc(Cl)c3OC)C(=O)C(=O)N2Cc2ccccn2)c1. The zero-order chi connectivity index (χ0) is 24.4. The molecule has 1 amide bonds. The van der Waals surface area contributed by atoms with Crippen molar-refractivity contribution in [3.05, 3.63) is 93.8 Å². The minimum atomic E-state index is -0.874. The van der Waals surface area contributed by atoms with Crippen molar-refractivity contribution in [1.29, 1.82) is 0 Å². The summed E-state index contributed by atoms with van der Waals surface area (Å²) in [5, 5.41) is 11.7. The highest BCUT2D eigenvalue weighted by Crippen LogP contribution is 2.43. The second kappa shape index (κ2) is 9.57. The van der Waals surface area contributed by atoms with E-state index in [9.17, 15) is 14.7 Å². The van der Waals surface area contributed by atoms with Crippen LogP contribution >= 0.6 is 11.6 Å². The second-order valence-corrected chi connectivity index (χ2v) is 8.26. The number of methoxy groups -OCH3 is 2. The molecule has 4 rings (SSSR count). The molecule has 0 saturated carbocycles. The highest BCUT2D eigenvalue weighted by molar-refractivity contribution is 6.46. The molecule has 2 aromatic carbocycles. The number of aromatic nitrogens is 1. The summed E-state index contributed by atoms with van der Waals surface area (Å²) in [7, 11) is 2.95. The van der Waals surface area contributed by atoms with Gasteiger partial charge in [-0.15, -0.1) is 0 Å². The zero-order valence-corrected chi connectivity index (χ0v) is 19.7. The number of hydrogen-bond donors (Lipinski definition) is 1. The van der Waals surface area contributed by atoms with Crippen molar-refractivity contribution in [2.75, 3.05) is 14.2 Å². The lowest BCUT2D eigenvalue weighted by Gasteiger charge is -2.25. The Bertz CT molecular complexity index is 1290. The highest BCUT2D eigenvalue weighted by atomic mass is 35.5. The maximum absolute atomic E-state index is 13.3. The molecule has 0 bridgehead atoms. The molecule has 1 atom stereocenters. The van der Waals surface area contributed by atoms with Crippen LogP contribution in [0.4, 0.5) is 0 Å². The molecular weight excluding hydrogens is 456 g/mol. The molecule has 1 N–H and O–H groups in total. The number of ketones is 1. The number of aliphatic hydroxyl groups excluding tert-OH is 1. The van der Waals surface area contributed by atoms with Crippen LogP contribution in [0.25, 0.3) is 5.76 Å². The number of rotatable bonds is 6. The van der Waals surface area contributed by atoms with Crippen LogP contribution in [0.3, 0.4) is 0 Å². The quantitative estimate of drug-likeness (QED) is 0.314. The van der Waals surface area contributed by atoms with Gasteiger partial charge in [-0.3, -0.25) is 14.6 Å². The van der Waals surface area contributed by atoms with E-state index in [2.05, 4.69) is 4.98 Å². The van der Waals surface area contributed by atoms with Crippen LogP contribution in [0.1, 0.15) is 28.4 Å². The van der Waals surface area contributed by atoms with Crippen LogP contribution < -0.4 is 9.47 Å². The van der Waals surface area contributed by atoms with Crippen molar-refractivity contribution in [2.45, 2.75) is 19.5 Å². The fraction of sp³-hybridized carbons (Fsp3) is 0.192. The monoisotopic (exact) mass is 478 g/mol. The number of pyridine rings is 1. The van der Waals surface area contributed by atoms with Gasteiger partial charge in [-0.25, -0.2) is 0 Å². The van der Waals surface area contributed by atoms with Crippen molar-refractivity contribution in [2.24, 2.45) is 0 Å². The molecule has 1 fully saturated rings. The van der Waals surface area contributed by atoms with E-state index in [4.69, 9.17) is 21.1 Å². The Balaban J connectivity index is 1.94. The van der Waals surface area contributed by atoms with E-state index in [0.717, 1.165) is 5.56 Å². The van der Waals surface area contributed by atoms with E-state index < -0.39 is 17.7 Å². The Morgan fingerprint density at radius 2 is 1.88 bits per heavy atom. The average Bonchev–Trinajstić information content (AvgIpc) is 3.08. The van der Waals surface area contributed by atoms with Crippen LogP contribution in [-0.2, 0) is 16.1 Å². The largest absolute Gasteiger partial charge is 0.507 e. The zero-order valence-electron chi connectivity index (χ0n) is 18.9. The van der Waals surface area contributed by atoms with Crippen molar-refractivity contribution in [1.82, 2.24) is 9.88 Å². The molecule has 0 aliphatic carbocycles. The minimum absolute atomic E-state index is 0.0610. The molecule has 1 aliphatic rings. The molecular formula is C26H23ClN2O5. The standard InChI is InChI=1S/C26H23ClN2O5/c1-15-11-19(25(34-3)20(27)12-15)23(30)21-22(16-7-6-9-18(13-16)33-2)29(26(32)24(21)31)14-17-8-4-5-10-28-17/h4-13,22,30H,14H2,1-3H3/b23-21+. The lowest BCUT2D eigenvalue weighted by atomic mass is 9.94. The van der Waals surface area contributed by atoms with Crippen molar-refractivity contribution in [3.63, 3.8) is 0 Å². The Morgan fingerprint density at radius 3 is 2.56 bits per heavy atom. The normalized spacial score (nSPS) is 17.2. The third-order valence-corrected chi connectivity index (χ3v) is 5.94. The van der Waals surface area contributed by atoms with Crippen LogP contribution in [0.15, 0.2) is 66.4 Å². The van der Waals surface area contributed by atoms with Gasteiger partial charge in [-0.05, 0) is 54.4 Å². The molecule has 34 heavy (non-hydrogen) atoms. The number of amides is 1. The van der Waals surface area contributed by atoms with Gasteiger partial charge in [0.15, 0.2) is 0 Å². The Hall–Kier alpha value is -3.84. The lowest BCUT2D eigenvalue weighted by molar-refractivity contribution is -0.140. The van der Waals surface area contributed by atoms with Crippen molar-refractivity contribution < 1.29 is 24.2 Å². The number of nitrogens with zero attached hydrogens (tertiary/aromatic N) is 2. The van der Waals surface area contributed by atoms with Gasteiger partial charge >= 0.3 is 0 Å². The Labute approximate surface area is 202 Å². The van der Waals surface area contributed by atoms with Crippen molar-refractivity contribution >= 4 is 29.1 Å². The van der Waals surface area contributed by atoms with Gasteiger partial charge in [0.1, 0.15) is 17.3 Å². The van der Waals surface area contributed by atoms with Crippen molar-refractivity contribution in [3.8, 4) is 11.5 Å². The Morgan fingerprint density at radius 1 is 1.09 bits per heavy atom. The highest BCUT2D eigenvalue weighted by Gasteiger charge is 2.46. The maximum Gasteiger partial charge on any atom is 0.296 e. The van der Waals surface area contributed by atoms with Crippen LogP contribution in [-0.4, -0.2) is 40.9 Å². The molecule has 0 radical (unpaired) electrons. The van der Waals surface area contributed by atoms with E-state index in [1.165, 1.54) is 19.1 Å². The predicted molar refractivity (Wildman–Crippen MR) is 128 cm³/mol. The number of carbonyl (C=O) groups is 2. The summed E-state index contributed by atoms with van der Waals surface area (Å²) in [4.78, 5) is 32.2. The molecule has 8 heteroatoms. The van der Waals surface area contributed by atoms with Gasteiger partial charge in [0.25, 0.3) is 11.7 Å². The number of aryl methyl sites for hydroxylation is 1. The van der Waals surface area contributed by atoms with E-state index in [1.807, 2.05) is 0 Å². The number of Topliss-reactive ketones (excluding diaryl/α,β-unsaturated/α-hetero) is 1. The van der Waals surface area contributed by atoms with Crippen LogP contribution in [0, 0.1) is 6.92 Å². The first-order chi connectivity index (χ1) is 16.3. The summed E-state index contributed by atoms with van der Waals surface area (Å²) in [5.74, 6) is -1.14. The summed E-state index contributed by atoms with van der Waals surface area (Å²) in [6.45, 7) is 1.89. The first-order valence-electron chi connectivity index (χ1n) is 10.5. The molecule has 1 unspecified atom stereocenters. The summed E-state index contributed by atoms with van der Waals surface area (Å²) >= 11 is 6.33. The van der Waals surface area contributed by atoms with Crippen LogP contribution in [0.5, 0.6) is 11.5 Å². The predicted octanol–water partition coefficient (Wildman–Crippen LogP) is 4.68. The smallest absolute Gasteiger partial charge is 0.296 e. The molecule has 0 spiro atoms. The molecule has 1 aromatic heterocycles. The van der Waals surface area contributed by atoms with Gasteiger partial charge in [-0.1, -0.05) is 29.8 Å². The number of halogens is 1. The number of ether oxygens (including phenoxy) is 2. The molecule has 174 valence electrons. The third-order valence-electron chi connectivity index (χ3n) is 5.66. The van der Waals surface area contributed by atoms with Gasteiger partial charge in [-0.2, -0.15) is 0 Å². The fourth-order valence-corrected chi connectivity index (χ4v) is 4.48. The topological polar surface area (TPSA) is 89.0 Å². The summed E-state index contributed by atoms with van der Waals surface area (Å²) in [5.41, 5.74) is 2.14. The van der Waals surface area contributed by atoms with Gasteiger partial charge < -0.3 is 19.5 Å². The summed E-state index contributed by atoms with van der Waals surface area (Å²) < 4.78 is 10.8. The fourth-order valence-electron chi connectivity index (χ4n) is 4.12.